The standard InChI is InChI=1S/C15H22N2O/c1-11-9-13(15(16)18)6-7-14(11)10-17-8-2-3-12-4-5-12/h6-7,9,12,17H,2-5,8,10H2,1H3,(H2,16,18). The van der Waals surface area contributed by atoms with Crippen molar-refractivity contribution in [2.45, 2.75) is 39.2 Å². The molecule has 0 bridgehead atoms. The van der Waals surface area contributed by atoms with E-state index in [9.17, 15) is 4.79 Å². The molecule has 3 heteroatoms. The summed E-state index contributed by atoms with van der Waals surface area (Å²) in [5, 5.41) is 3.46. The smallest absolute Gasteiger partial charge is 0.248 e. The first kappa shape index (κ1) is 13.1. The Balaban J connectivity index is 1.75. The summed E-state index contributed by atoms with van der Waals surface area (Å²) in [5.41, 5.74) is 8.21. The van der Waals surface area contributed by atoms with E-state index in [4.69, 9.17) is 5.73 Å². The molecule has 0 heterocycles. The minimum absolute atomic E-state index is 0.359. The van der Waals surface area contributed by atoms with Gasteiger partial charge in [-0.05, 0) is 55.5 Å². The molecule has 98 valence electrons. The van der Waals surface area contributed by atoms with E-state index in [1.54, 1.807) is 6.07 Å². The zero-order chi connectivity index (χ0) is 13.0. The maximum atomic E-state index is 11.0. The van der Waals surface area contributed by atoms with E-state index in [-0.39, 0.29) is 5.91 Å². The lowest BCUT2D eigenvalue weighted by Gasteiger charge is -2.08. The molecule has 0 aliphatic heterocycles. The molecule has 0 atom stereocenters. The summed E-state index contributed by atoms with van der Waals surface area (Å²) >= 11 is 0. The lowest BCUT2D eigenvalue weighted by Crippen LogP contribution is -2.16. The van der Waals surface area contributed by atoms with Gasteiger partial charge in [0.1, 0.15) is 0 Å². The summed E-state index contributed by atoms with van der Waals surface area (Å²) < 4.78 is 0. The maximum Gasteiger partial charge on any atom is 0.248 e. The van der Waals surface area contributed by atoms with Gasteiger partial charge in [0.15, 0.2) is 0 Å². The van der Waals surface area contributed by atoms with Gasteiger partial charge in [-0.3, -0.25) is 4.79 Å². The van der Waals surface area contributed by atoms with Gasteiger partial charge < -0.3 is 11.1 Å². The third-order valence-corrected chi connectivity index (χ3v) is 3.61. The van der Waals surface area contributed by atoms with Crippen molar-refractivity contribution in [2.75, 3.05) is 6.54 Å². The highest BCUT2D eigenvalue weighted by Crippen LogP contribution is 2.33. The van der Waals surface area contributed by atoms with Crippen LogP contribution in [0.2, 0.25) is 0 Å². The van der Waals surface area contributed by atoms with Crippen LogP contribution in [-0.4, -0.2) is 12.5 Å². The number of amides is 1. The van der Waals surface area contributed by atoms with Crippen LogP contribution in [0.25, 0.3) is 0 Å². The van der Waals surface area contributed by atoms with Crippen molar-refractivity contribution < 1.29 is 4.79 Å². The Morgan fingerprint density at radius 1 is 1.44 bits per heavy atom. The number of aryl methyl sites for hydroxylation is 1. The van der Waals surface area contributed by atoms with Crippen LogP contribution in [-0.2, 0) is 6.54 Å². The third kappa shape index (κ3) is 3.84. The molecule has 0 radical (unpaired) electrons. The average Bonchev–Trinajstić information content (AvgIpc) is 3.14. The summed E-state index contributed by atoms with van der Waals surface area (Å²) in [4.78, 5) is 11.0. The summed E-state index contributed by atoms with van der Waals surface area (Å²) in [6.07, 6.45) is 5.51. The SMILES string of the molecule is Cc1cc(C(N)=O)ccc1CNCCCC1CC1. The van der Waals surface area contributed by atoms with Gasteiger partial charge in [0.25, 0.3) is 0 Å². The molecule has 1 amide bonds. The van der Waals surface area contributed by atoms with Crippen molar-refractivity contribution in [1.29, 1.82) is 0 Å². The van der Waals surface area contributed by atoms with Gasteiger partial charge in [-0.15, -0.1) is 0 Å². The highest BCUT2D eigenvalue weighted by Gasteiger charge is 2.19. The summed E-state index contributed by atoms with van der Waals surface area (Å²) in [7, 11) is 0. The van der Waals surface area contributed by atoms with E-state index in [0.29, 0.717) is 5.56 Å². The van der Waals surface area contributed by atoms with E-state index < -0.39 is 0 Å². The second kappa shape index (κ2) is 6.01. The number of carbonyl (C=O) groups is 1. The number of rotatable bonds is 7. The summed E-state index contributed by atoms with van der Waals surface area (Å²) in [6, 6.07) is 5.66. The van der Waals surface area contributed by atoms with Crippen LogP contribution in [0.3, 0.4) is 0 Å². The minimum atomic E-state index is -0.359. The fraction of sp³-hybridized carbons (Fsp3) is 0.533. The van der Waals surface area contributed by atoms with Crippen molar-refractivity contribution in [2.24, 2.45) is 11.7 Å². The molecule has 1 fully saturated rings. The van der Waals surface area contributed by atoms with Crippen LogP contribution in [0, 0.1) is 12.8 Å². The number of nitrogens with two attached hydrogens (primary N) is 1. The van der Waals surface area contributed by atoms with Crippen LogP contribution in [0.5, 0.6) is 0 Å². The van der Waals surface area contributed by atoms with Crippen molar-refractivity contribution in [3.05, 3.63) is 34.9 Å². The van der Waals surface area contributed by atoms with Gasteiger partial charge in [-0.25, -0.2) is 0 Å². The first-order chi connectivity index (χ1) is 8.66. The lowest BCUT2D eigenvalue weighted by molar-refractivity contribution is 0.1000. The molecule has 3 N–H and O–H groups in total. The molecule has 1 aromatic rings. The molecule has 1 aliphatic rings. The van der Waals surface area contributed by atoms with Crippen LogP contribution < -0.4 is 11.1 Å². The van der Waals surface area contributed by atoms with Crippen LogP contribution in [0.1, 0.15) is 47.2 Å². The lowest BCUT2D eigenvalue weighted by atomic mass is 10.0. The van der Waals surface area contributed by atoms with E-state index in [2.05, 4.69) is 5.32 Å². The van der Waals surface area contributed by atoms with Gasteiger partial charge in [-0.1, -0.05) is 18.9 Å². The zero-order valence-electron chi connectivity index (χ0n) is 11.0. The molecule has 0 aromatic heterocycles. The summed E-state index contributed by atoms with van der Waals surface area (Å²) in [5.74, 6) is 0.658. The fourth-order valence-corrected chi connectivity index (χ4v) is 2.19. The van der Waals surface area contributed by atoms with Crippen molar-refractivity contribution in [3.8, 4) is 0 Å². The molecule has 2 rings (SSSR count). The Bertz CT molecular complexity index is 425. The monoisotopic (exact) mass is 246 g/mol. The predicted octanol–water partition coefficient (Wildman–Crippen LogP) is 2.37. The van der Waals surface area contributed by atoms with Gasteiger partial charge in [0.2, 0.25) is 5.91 Å². The van der Waals surface area contributed by atoms with Crippen LogP contribution >= 0.6 is 0 Å². The third-order valence-electron chi connectivity index (χ3n) is 3.61. The predicted molar refractivity (Wildman–Crippen MR) is 73.4 cm³/mol. The molecule has 0 unspecified atom stereocenters. The molecule has 1 aromatic carbocycles. The van der Waals surface area contributed by atoms with Crippen molar-refractivity contribution >= 4 is 5.91 Å². The molecule has 0 spiro atoms. The quantitative estimate of drug-likeness (QED) is 0.726. The Hall–Kier alpha value is -1.35. The van der Waals surface area contributed by atoms with Crippen molar-refractivity contribution in [3.63, 3.8) is 0 Å². The molecular formula is C15H22N2O. The van der Waals surface area contributed by atoms with Crippen molar-refractivity contribution in [1.82, 2.24) is 5.32 Å². The minimum Gasteiger partial charge on any atom is -0.366 e. The van der Waals surface area contributed by atoms with Gasteiger partial charge in [0.05, 0.1) is 0 Å². The second-order valence-corrected chi connectivity index (χ2v) is 5.27. The van der Waals surface area contributed by atoms with Crippen LogP contribution in [0.15, 0.2) is 18.2 Å². The number of hydrogen-bond acceptors (Lipinski definition) is 2. The Labute approximate surface area is 109 Å². The number of carbonyl (C=O) groups excluding carboxylic acids is 1. The Morgan fingerprint density at radius 2 is 2.22 bits per heavy atom. The van der Waals surface area contributed by atoms with Gasteiger partial charge in [0, 0.05) is 12.1 Å². The highest BCUT2D eigenvalue weighted by molar-refractivity contribution is 5.93. The number of benzene rings is 1. The first-order valence-electron chi connectivity index (χ1n) is 6.77. The largest absolute Gasteiger partial charge is 0.366 e. The van der Waals surface area contributed by atoms with Crippen LogP contribution in [0.4, 0.5) is 0 Å². The van der Waals surface area contributed by atoms with Gasteiger partial charge in [-0.2, -0.15) is 0 Å². The number of primary amides is 1. The maximum absolute atomic E-state index is 11.0. The zero-order valence-corrected chi connectivity index (χ0v) is 11.0. The van der Waals surface area contributed by atoms with Gasteiger partial charge >= 0.3 is 0 Å². The topological polar surface area (TPSA) is 55.1 Å². The summed E-state index contributed by atoms with van der Waals surface area (Å²) in [6.45, 7) is 3.97. The molecule has 18 heavy (non-hydrogen) atoms. The number of hydrogen-bond donors (Lipinski definition) is 2. The Morgan fingerprint density at radius 3 is 2.83 bits per heavy atom. The normalized spacial score (nSPS) is 14.7. The average molecular weight is 246 g/mol. The highest BCUT2D eigenvalue weighted by atomic mass is 16.1. The molecule has 1 aliphatic carbocycles. The first-order valence-corrected chi connectivity index (χ1v) is 6.77. The molecule has 0 saturated heterocycles. The Kier molecular flexibility index (Phi) is 4.37. The van der Waals surface area contributed by atoms with E-state index in [1.807, 2.05) is 19.1 Å². The fourth-order valence-electron chi connectivity index (χ4n) is 2.19. The molecule has 1 saturated carbocycles. The van der Waals surface area contributed by atoms with E-state index >= 15 is 0 Å². The number of nitrogens with one attached hydrogen (secondary N) is 1. The second-order valence-electron chi connectivity index (χ2n) is 5.27. The molecule has 3 nitrogen and oxygen atoms in total. The van der Waals surface area contributed by atoms with E-state index in [1.165, 1.54) is 31.2 Å². The molecular weight excluding hydrogens is 224 g/mol. The van der Waals surface area contributed by atoms with E-state index in [0.717, 1.165) is 24.6 Å².